The minimum atomic E-state index is -0.312. The zero-order valence-electron chi connectivity index (χ0n) is 12.0. The van der Waals surface area contributed by atoms with Crippen molar-refractivity contribution in [3.8, 4) is 5.75 Å². The molecule has 0 atom stereocenters. The molecule has 0 saturated carbocycles. The average molecular weight is 279 g/mol. The molecule has 1 aromatic rings. The van der Waals surface area contributed by atoms with Crippen molar-refractivity contribution in [2.24, 2.45) is 0 Å². The second-order valence-electron chi connectivity index (χ2n) is 4.19. The van der Waals surface area contributed by atoms with Gasteiger partial charge in [-0.05, 0) is 31.5 Å². The Kier molecular flexibility index (Phi) is 7.17. The lowest BCUT2D eigenvalue weighted by Gasteiger charge is -2.08. The predicted octanol–water partition coefficient (Wildman–Crippen LogP) is 2.16. The first kappa shape index (κ1) is 16.0. The molecular formula is C15H21NO4. The third-order valence-corrected chi connectivity index (χ3v) is 2.49. The first-order chi connectivity index (χ1) is 9.67. The number of amides is 1. The van der Waals surface area contributed by atoms with Gasteiger partial charge in [-0.1, -0.05) is 13.0 Å². The Bertz CT molecular complexity index is 445. The molecule has 1 N–H and O–H groups in total. The molecule has 5 heteroatoms. The zero-order chi connectivity index (χ0) is 14.8. The highest BCUT2D eigenvalue weighted by molar-refractivity contribution is 5.94. The van der Waals surface area contributed by atoms with E-state index in [-0.39, 0.29) is 24.8 Å². The maximum Gasteiger partial charge on any atom is 0.307 e. The highest BCUT2D eigenvalue weighted by Gasteiger charge is 2.08. The fourth-order valence-corrected chi connectivity index (χ4v) is 1.56. The summed E-state index contributed by atoms with van der Waals surface area (Å²) in [6, 6.07) is 6.98. The largest absolute Gasteiger partial charge is 0.494 e. The Morgan fingerprint density at radius 1 is 1.25 bits per heavy atom. The van der Waals surface area contributed by atoms with E-state index in [1.807, 2.05) is 13.0 Å². The minimum absolute atomic E-state index is 0.172. The van der Waals surface area contributed by atoms with Crippen LogP contribution in [0.2, 0.25) is 0 Å². The molecule has 110 valence electrons. The monoisotopic (exact) mass is 279 g/mol. The molecule has 0 aliphatic rings. The molecule has 0 radical (unpaired) electrons. The Hall–Kier alpha value is -2.04. The van der Waals surface area contributed by atoms with Crippen molar-refractivity contribution >= 4 is 11.9 Å². The van der Waals surface area contributed by atoms with Crippen LogP contribution in [0.5, 0.6) is 5.75 Å². The fraction of sp³-hybridized carbons (Fsp3) is 0.467. The quantitative estimate of drug-likeness (QED) is 0.741. The van der Waals surface area contributed by atoms with Gasteiger partial charge < -0.3 is 14.8 Å². The molecule has 1 amide bonds. The van der Waals surface area contributed by atoms with E-state index in [2.05, 4.69) is 5.32 Å². The van der Waals surface area contributed by atoms with E-state index in [0.29, 0.717) is 24.5 Å². The lowest BCUT2D eigenvalue weighted by Crippen LogP contribution is -2.26. The van der Waals surface area contributed by atoms with Gasteiger partial charge in [0.15, 0.2) is 0 Å². The van der Waals surface area contributed by atoms with Crippen LogP contribution in [0.25, 0.3) is 0 Å². The van der Waals surface area contributed by atoms with Gasteiger partial charge in [-0.15, -0.1) is 0 Å². The van der Waals surface area contributed by atoms with Crippen LogP contribution in [0.3, 0.4) is 0 Å². The van der Waals surface area contributed by atoms with E-state index in [1.165, 1.54) is 0 Å². The molecule has 0 unspecified atom stereocenters. The zero-order valence-corrected chi connectivity index (χ0v) is 12.0. The van der Waals surface area contributed by atoms with E-state index in [4.69, 9.17) is 9.47 Å². The summed E-state index contributed by atoms with van der Waals surface area (Å²) < 4.78 is 10.2. The minimum Gasteiger partial charge on any atom is -0.494 e. The van der Waals surface area contributed by atoms with E-state index in [1.54, 1.807) is 25.1 Å². The van der Waals surface area contributed by atoms with Gasteiger partial charge in [0, 0.05) is 12.1 Å². The highest BCUT2D eigenvalue weighted by Crippen LogP contribution is 2.13. The molecule has 0 spiro atoms. The van der Waals surface area contributed by atoms with Crippen molar-refractivity contribution in [2.45, 2.75) is 26.7 Å². The SMILES string of the molecule is CCCOc1cccc(C(=O)NCCC(=O)OCC)c1. The number of hydrogen-bond acceptors (Lipinski definition) is 4. The maximum absolute atomic E-state index is 11.9. The number of nitrogens with one attached hydrogen (secondary N) is 1. The van der Waals surface area contributed by atoms with Gasteiger partial charge in [0.2, 0.25) is 0 Å². The van der Waals surface area contributed by atoms with E-state index in [9.17, 15) is 9.59 Å². The van der Waals surface area contributed by atoms with Gasteiger partial charge in [-0.2, -0.15) is 0 Å². The van der Waals surface area contributed by atoms with E-state index in [0.717, 1.165) is 6.42 Å². The second-order valence-corrected chi connectivity index (χ2v) is 4.19. The number of carbonyl (C=O) groups excluding carboxylic acids is 2. The third-order valence-electron chi connectivity index (χ3n) is 2.49. The van der Waals surface area contributed by atoms with Crippen molar-refractivity contribution < 1.29 is 19.1 Å². The van der Waals surface area contributed by atoms with Crippen molar-refractivity contribution in [3.05, 3.63) is 29.8 Å². The van der Waals surface area contributed by atoms with Gasteiger partial charge in [-0.25, -0.2) is 0 Å². The van der Waals surface area contributed by atoms with Crippen molar-refractivity contribution in [3.63, 3.8) is 0 Å². The summed E-state index contributed by atoms with van der Waals surface area (Å²) in [5.41, 5.74) is 0.516. The lowest BCUT2D eigenvalue weighted by molar-refractivity contribution is -0.142. The summed E-state index contributed by atoms with van der Waals surface area (Å²) in [5.74, 6) is 0.133. The van der Waals surface area contributed by atoms with Gasteiger partial charge >= 0.3 is 5.97 Å². The molecule has 0 bridgehead atoms. The van der Waals surface area contributed by atoms with E-state index >= 15 is 0 Å². The Morgan fingerprint density at radius 2 is 2.05 bits per heavy atom. The standard InChI is InChI=1S/C15H21NO4/c1-3-10-20-13-7-5-6-12(11-13)15(18)16-9-8-14(17)19-4-2/h5-7,11H,3-4,8-10H2,1-2H3,(H,16,18). The van der Waals surface area contributed by atoms with Crippen LogP contribution >= 0.6 is 0 Å². The number of ether oxygens (including phenoxy) is 2. The van der Waals surface area contributed by atoms with Crippen molar-refractivity contribution in [1.29, 1.82) is 0 Å². The normalized spacial score (nSPS) is 9.90. The average Bonchev–Trinajstić information content (AvgIpc) is 2.45. The molecule has 5 nitrogen and oxygen atoms in total. The number of benzene rings is 1. The summed E-state index contributed by atoms with van der Waals surface area (Å²) in [6.45, 7) is 5.00. The van der Waals surface area contributed by atoms with Crippen LogP contribution in [0.15, 0.2) is 24.3 Å². The van der Waals surface area contributed by atoms with Gasteiger partial charge in [-0.3, -0.25) is 9.59 Å². The topological polar surface area (TPSA) is 64.6 Å². The maximum atomic E-state index is 11.9. The summed E-state index contributed by atoms with van der Waals surface area (Å²) in [5, 5.41) is 2.68. The van der Waals surface area contributed by atoms with Crippen LogP contribution in [0, 0.1) is 0 Å². The summed E-state index contributed by atoms with van der Waals surface area (Å²) in [6.07, 6.45) is 1.08. The number of carbonyl (C=O) groups is 2. The fourth-order valence-electron chi connectivity index (χ4n) is 1.56. The number of rotatable bonds is 8. The number of hydrogen-bond donors (Lipinski definition) is 1. The van der Waals surface area contributed by atoms with Gasteiger partial charge in [0.25, 0.3) is 5.91 Å². The lowest BCUT2D eigenvalue weighted by atomic mass is 10.2. The van der Waals surface area contributed by atoms with Crippen LogP contribution in [0.4, 0.5) is 0 Å². The molecule has 0 saturated heterocycles. The predicted molar refractivity (Wildman–Crippen MR) is 75.8 cm³/mol. The first-order valence-electron chi connectivity index (χ1n) is 6.84. The summed E-state index contributed by atoms with van der Waals surface area (Å²) in [4.78, 5) is 23.0. The molecule has 0 aromatic heterocycles. The van der Waals surface area contributed by atoms with Crippen molar-refractivity contribution in [2.75, 3.05) is 19.8 Å². The smallest absolute Gasteiger partial charge is 0.307 e. The molecule has 0 heterocycles. The van der Waals surface area contributed by atoms with Crippen LogP contribution in [-0.4, -0.2) is 31.6 Å². The molecular weight excluding hydrogens is 258 g/mol. The van der Waals surface area contributed by atoms with Crippen LogP contribution in [0.1, 0.15) is 37.0 Å². The summed E-state index contributed by atoms with van der Waals surface area (Å²) in [7, 11) is 0. The van der Waals surface area contributed by atoms with Crippen LogP contribution in [-0.2, 0) is 9.53 Å². The Morgan fingerprint density at radius 3 is 2.75 bits per heavy atom. The highest BCUT2D eigenvalue weighted by atomic mass is 16.5. The molecule has 1 aromatic carbocycles. The molecule has 0 aliphatic carbocycles. The van der Waals surface area contributed by atoms with Crippen LogP contribution < -0.4 is 10.1 Å². The van der Waals surface area contributed by atoms with Crippen molar-refractivity contribution in [1.82, 2.24) is 5.32 Å². The number of esters is 1. The molecule has 20 heavy (non-hydrogen) atoms. The van der Waals surface area contributed by atoms with Gasteiger partial charge in [0.05, 0.1) is 19.6 Å². The molecule has 0 aliphatic heterocycles. The molecule has 1 rings (SSSR count). The third kappa shape index (κ3) is 5.73. The van der Waals surface area contributed by atoms with E-state index < -0.39 is 0 Å². The van der Waals surface area contributed by atoms with Gasteiger partial charge in [0.1, 0.15) is 5.75 Å². The second kappa shape index (κ2) is 8.96. The Labute approximate surface area is 119 Å². The molecule has 0 fully saturated rings. The Balaban J connectivity index is 2.44. The first-order valence-corrected chi connectivity index (χ1v) is 6.84. The summed E-state index contributed by atoms with van der Waals surface area (Å²) >= 11 is 0.